The average molecular weight is 290 g/mol. The number of aromatic nitrogens is 1. The van der Waals surface area contributed by atoms with Crippen molar-refractivity contribution in [1.82, 2.24) is 9.88 Å². The topological polar surface area (TPSA) is 46.3 Å². The van der Waals surface area contributed by atoms with Gasteiger partial charge in [0.1, 0.15) is 11.6 Å². The molecule has 21 heavy (non-hydrogen) atoms. The fourth-order valence-corrected chi connectivity index (χ4v) is 2.27. The third-order valence-corrected chi connectivity index (χ3v) is 3.43. The summed E-state index contributed by atoms with van der Waals surface area (Å²) in [7, 11) is 0. The predicted octanol–water partition coefficient (Wildman–Crippen LogP) is 2.94. The van der Waals surface area contributed by atoms with Crippen LogP contribution in [-0.2, 0) is 17.8 Å². The second kappa shape index (κ2) is 6.52. The van der Waals surface area contributed by atoms with Crippen molar-refractivity contribution in [2.75, 3.05) is 6.54 Å². The molecular formula is C16H19FN2O2. The molecule has 1 amide bonds. The van der Waals surface area contributed by atoms with Gasteiger partial charge in [0.2, 0.25) is 6.41 Å². The lowest BCUT2D eigenvalue weighted by Gasteiger charge is -2.17. The summed E-state index contributed by atoms with van der Waals surface area (Å²) in [6, 6.07) is 5.21. The molecule has 0 N–H and O–H groups in total. The Kier molecular flexibility index (Phi) is 4.73. The largest absolute Gasteiger partial charge is 0.446 e. The lowest BCUT2D eigenvalue weighted by molar-refractivity contribution is -0.118. The lowest BCUT2D eigenvalue weighted by atomic mass is 10.1. The molecule has 1 heterocycles. The molecular weight excluding hydrogens is 271 g/mol. The van der Waals surface area contributed by atoms with Crippen LogP contribution in [0.3, 0.4) is 0 Å². The van der Waals surface area contributed by atoms with Gasteiger partial charge in [0.05, 0.1) is 5.69 Å². The van der Waals surface area contributed by atoms with Crippen LogP contribution in [0.5, 0.6) is 0 Å². The van der Waals surface area contributed by atoms with E-state index in [1.807, 2.05) is 6.92 Å². The number of carbonyl (C=O) groups excluding carboxylic acids is 1. The zero-order chi connectivity index (χ0) is 15.4. The summed E-state index contributed by atoms with van der Waals surface area (Å²) in [6.07, 6.45) is 1.33. The van der Waals surface area contributed by atoms with Gasteiger partial charge in [-0.05, 0) is 19.4 Å². The van der Waals surface area contributed by atoms with E-state index in [0.717, 1.165) is 17.9 Å². The molecule has 0 bridgehead atoms. The van der Waals surface area contributed by atoms with Gasteiger partial charge in [0, 0.05) is 32.0 Å². The van der Waals surface area contributed by atoms with Crippen LogP contribution in [0.4, 0.5) is 4.39 Å². The molecule has 2 aromatic rings. The molecule has 112 valence electrons. The number of amides is 1. The molecule has 0 aliphatic heterocycles. The number of hydrogen-bond donors (Lipinski definition) is 0. The van der Waals surface area contributed by atoms with Crippen LogP contribution in [0.2, 0.25) is 0 Å². The van der Waals surface area contributed by atoms with Gasteiger partial charge in [-0.15, -0.1) is 0 Å². The van der Waals surface area contributed by atoms with E-state index < -0.39 is 0 Å². The molecule has 1 aromatic heterocycles. The van der Waals surface area contributed by atoms with Gasteiger partial charge >= 0.3 is 0 Å². The summed E-state index contributed by atoms with van der Waals surface area (Å²) >= 11 is 0. The maximum Gasteiger partial charge on any atom is 0.210 e. The van der Waals surface area contributed by atoms with Gasteiger partial charge < -0.3 is 9.32 Å². The van der Waals surface area contributed by atoms with Crippen LogP contribution >= 0.6 is 0 Å². The summed E-state index contributed by atoms with van der Waals surface area (Å²) in [5, 5.41) is 0. The molecule has 0 fully saturated rings. The minimum atomic E-state index is -0.252. The van der Waals surface area contributed by atoms with E-state index in [4.69, 9.17) is 4.42 Å². The van der Waals surface area contributed by atoms with Crippen molar-refractivity contribution in [1.29, 1.82) is 0 Å². The molecule has 4 nitrogen and oxygen atoms in total. The van der Waals surface area contributed by atoms with Gasteiger partial charge in [-0.2, -0.15) is 0 Å². The normalized spacial score (nSPS) is 10.7. The third kappa shape index (κ3) is 3.68. The van der Waals surface area contributed by atoms with Crippen molar-refractivity contribution < 1.29 is 13.6 Å². The van der Waals surface area contributed by atoms with Gasteiger partial charge in [-0.25, -0.2) is 9.37 Å². The molecule has 0 saturated carbocycles. The maximum absolute atomic E-state index is 14.0. The Hall–Kier alpha value is -2.17. The van der Waals surface area contributed by atoms with Crippen molar-refractivity contribution in [3.63, 3.8) is 0 Å². The summed E-state index contributed by atoms with van der Waals surface area (Å²) in [5.41, 5.74) is 1.94. The lowest BCUT2D eigenvalue weighted by Crippen LogP contribution is -2.25. The number of hydrogen-bond acceptors (Lipinski definition) is 3. The van der Waals surface area contributed by atoms with Crippen molar-refractivity contribution in [2.45, 2.75) is 33.7 Å². The Morgan fingerprint density at radius 3 is 2.71 bits per heavy atom. The molecule has 1 aromatic carbocycles. The summed E-state index contributed by atoms with van der Waals surface area (Å²) in [6.45, 7) is 6.08. The average Bonchev–Trinajstić information content (AvgIpc) is 2.77. The van der Waals surface area contributed by atoms with Crippen LogP contribution in [0.1, 0.15) is 28.5 Å². The molecule has 0 aliphatic carbocycles. The first kappa shape index (κ1) is 15.2. The zero-order valence-electron chi connectivity index (χ0n) is 12.5. The SMILES string of the molecule is Cc1nc(CCN(C=O)Cc2cccc(C)c2F)c(C)o1. The monoisotopic (exact) mass is 290 g/mol. The van der Waals surface area contributed by atoms with E-state index in [-0.39, 0.29) is 12.4 Å². The number of nitrogens with zero attached hydrogens (tertiary/aromatic N) is 2. The van der Waals surface area contributed by atoms with Gasteiger partial charge in [0.25, 0.3) is 0 Å². The van der Waals surface area contributed by atoms with E-state index in [2.05, 4.69) is 4.98 Å². The number of aryl methyl sites for hydroxylation is 3. The second-order valence-electron chi connectivity index (χ2n) is 5.11. The van der Waals surface area contributed by atoms with Crippen LogP contribution in [0.25, 0.3) is 0 Å². The third-order valence-electron chi connectivity index (χ3n) is 3.43. The number of halogens is 1. The highest BCUT2D eigenvalue weighted by molar-refractivity contribution is 5.47. The van der Waals surface area contributed by atoms with Crippen LogP contribution in [0.15, 0.2) is 22.6 Å². The number of rotatable bonds is 6. The zero-order valence-corrected chi connectivity index (χ0v) is 12.5. The van der Waals surface area contributed by atoms with E-state index >= 15 is 0 Å². The molecule has 0 saturated heterocycles. The van der Waals surface area contributed by atoms with Crippen molar-refractivity contribution in [2.24, 2.45) is 0 Å². The standard InChI is InChI=1S/C16H19FN2O2/c1-11-5-4-6-14(16(11)17)9-19(10-20)8-7-15-12(2)21-13(3)18-15/h4-6,10H,7-9H2,1-3H3. The Labute approximate surface area is 123 Å². The highest BCUT2D eigenvalue weighted by Crippen LogP contribution is 2.15. The molecule has 0 atom stereocenters. The Bertz CT molecular complexity index is 637. The fourth-order valence-electron chi connectivity index (χ4n) is 2.27. The molecule has 2 rings (SSSR count). The highest BCUT2D eigenvalue weighted by Gasteiger charge is 2.12. The van der Waals surface area contributed by atoms with E-state index in [1.54, 1.807) is 36.9 Å². The molecule has 0 spiro atoms. The van der Waals surface area contributed by atoms with Crippen molar-refractivity contribution >= 4 is 6.41 Å². The summed E-state index contributed by atoms with van der Waals surface area (Å²) < 4.78 is 19.3. The number of benzene rings is 1. The van der Waals surface area contributed by atoms with Crippen molar-refractivity contribution in [3.05, 3.63) is 52.5 Å². The molecule has 0 aliphatic rings. The van der Waals surface area contributed by atoms with Crippen LogP contribution < -0.4 is 0 Å². The molecule has 5 heteroatoms. The Morgan fingerprint density at radius 1 is 1.33 bits per heavy atom. The van der Waals surface area contributed by atoms with Crippen molar-refractivity contribution in [3.8, 4) is 0 Å². The maximum atomic E-state index is 14.0. The van der Waals surface area contributed by atoms with Gasteiger partial charge in [-0.3, -0.25) is 4.79 Å². The Morgan fingerprint density at radius 2 is 2.10 bits per heavy atom. The number of oxazole rings is 1. The molecule has 0 unspecified atom stereocenters. The smallest absolute Gasteiger partial charge is 0.210 e. The first-order valence-electron chi connectivity index (χ1n) is 6.87. The van der Waals surface area contributed by atoms with E-state index in [9.17, 15) is 9.18 Å². The predicted molar refractivity (Wildman–Crippen MR) is 77.3 cm³/mol. The Balaban J connectivity index is 2.02. The fraction of sp³-hybridized carbons (Fsp3) is 0.375. The van der Waals surface area contributed by atoms with E-state index in [0.29, 0.717) is 30.0 Å². The summed E-state index contributed by atoms with van der Waals surface area (Å²) in [4.78, 5) is 17.0. The second-order valence-corrected chi connectivity index (χ2v) is 5.11. The summed E-state index contributed by atoms with van der Waals surface area (Å²) in [5.74, 6) is 1.13. The van der Waals surface area contributed by atoms with E-state index in [1.165, 1.54) is 0 Å². The van der Waals surface area contributed by atoms with Gasteiger partial charge in [0.15, 0.2) is 5.89 Å². The van der Waals surface area contributed by atoms with Gasteiger partial charge in [-0.1, -0.05) is 18.2 Å². The van der Waals surface area contributed by atoms with Crippen LogP contribution in [0, 0.1) is 26.6 Å². The molecule has 0 radical (unpaired) electrons. The first-order valence-corrected chi connectivity index (χ1v) is 6.87. The quantitative estimate of drug-likeness (QED) is 0.768. The number of carbonyl (C=O) groups is 1. The highest BCUT2D eigenvalue weighted by atomic mass is 19.1. The first-order chi connectivity index (χ1) is 10.0. The minimum Gasteiger partial charge on any atom is -0.446 e. The van der Waals surface area contributed by atoms with Crippen LogP contribution in [-0.4, -0.2) is 22.8 Å². The minimum absolute atomic E-state index is 0.252.